The summed E-state index contributed by atoms with van der Waals surface area (Å²) in [5.41, 5.74) is 0.0850. The molecule has 1 aromatic carbocycles. The normalized spacial score (nSPS) is 17.3. The number of piperazine rings is 1. The first kappa shape index (κ1) is 20.8. The van der Waals surface area contributed by atoms with E-state index in [0.29, 0.717) is 6.54 Å². The Labute approximate surface area is 155 Å². The van der Waals surface area contributed by atoms with Crippen LogP contribution in [0.25, 0.3) is 0 Å². The predicted octanol–water partition coefficient (Wildman–Crippen LogP) is 0.841. The van der Waals surface area contributed by atoms with Crippen LogP contribution in [0.2, 0.25) is 0 Å². The Hall–Kier alpha value is -1.51. The van der Waals surface area contributed by atoms with Gasteiger partial charge in [0.25, 0.3) is 10.2 Å². The van der Waals surface area contributed by atoms with Crippen LogP contribution in [0.5, 0.6) is 0 Å². The van der Waals surface area contributed by atoms with E-state index < -0.39 is 20.2 Å². The first-order valence-corrected chi connectivity index (χ1v) is 11.3. The SMILES string of the molecule is CCCCN(C)S(=O)(=O)N1CCN(S(=O)(=O)c2ccccc2C#N)CC1. The van der Waals surface area contributed by atoms with Crippen molar-refractivity contribution in [1.29, 1.82) is 5.26 Å². The third kappa shape index (κ3) is 4.24. The summed E-state index contributed by atoms with van der Waals surface area (Å²) in [5, 5.41) is 9.13. The zero-order valence-electron chi connectivity index (χ0n) is 15.0. The van der Waals surface area contributed by atoms with Crippen LogP contribution >= 0.6 is 0 Å². The van der Waals surface area contributed by atoms with Gasteiger partial charge in [0.05, 0.1) is 10.5 Å². The monoisotopic (exact) mass is 400 g/mol. The Morgan fingerprint density at radius 1 is 1.08 bits per heavy atom. The molecular formula is C16H24N4O4S2. The summed E-state index contributed by atoms with van der Waals surface area (Å²) < 4.78 is 54.6. The topological polar surface area (TPSA) is 102 Å². The van der Waals surface area contributed by atoms with E-state index in [-0.39, 0.29) is 36.6 Å². The molecule has 0 aromatic heterocycles. The van der Waals surface area contributed by atoms with Crippen molar-refractivity contribution in [1.82, 2.24) is 12.9 Å². The molecule has 0 amide bonds. The van der Waals surface area contributed by atoms with Crippen molar-refractivity contribution < 1.29 is 16.8 Å². The van der Waals surface area contributed by atoms with Crippen molar-refractivity contribution in [3.05, 3.63) is 29.8 Å². The third-order valence-electron chi connectivity index (χ3n) is 4.37. The minimum absolute atomic E-state index is 0.0427. The van der Waals surface area contributed by atoms with Gasteiger partial charge in [0.1, 0.15) is 6.07 Å². The van der Waals surface area contributed by atoms with Crippen molar-refractivity contribution in [2.75, 3.05) is 39.8 Å². The van der Waals surface area contributed by atoms with Gasteiger partial charge >= 0.3 is 0 Å². The predicted molar refractivity (Wildman–Crippen MR) is 97.9 cm³/mol. The highest BCUT2D eigenvalue weighted by molar-refractivity contribution is 7.89. The molecule has 0 radical (unpaired) electrons. The Morgan fingerprint density at radius 2 is 1.65 bits per heavy atom. The lowest BCUT2D eigenvalue weighted by molar-refractivity contribution is 0.258. The molecule has 0 aliphatic carbocycles. The molecule has 2 rings (SSSR count). The van der Waals surface area contributed by atoms with Crippen LogP contribution in [0, 0.1) is 11.3 Å². The number of nitriles is 1. The van der Waals surface area contributed by atoms with Crippen LogP contribution in [-0.4, -0.2) is 69.5 Å². The highest BCUT2D eigenvalue weighted by atomic mass is 32.2. The Bertz CT molecular complexity index is 870. The summed E-state index contributed by atoms with van der Waals surface area (Å²) in [6.07, 6.45) is 1.67. The second-order valence-corrected chi connectivity index (χ2v) is 10.0. The van der Waals surface area contributed by atoms with E-state index in [0.717, 1.165) is 12.8 Å². The standard InChI is InChI=1S/C16H24N4O4S2/c1-3-4-9-18(2)26(23,24)20-12-10-19(11-13-20)25(21,22)16-8-6-5-7-15(16)14-17/h5-8H,3-4,9-13H2,1-2H3. The number of sulfonamides is 1. The first-order chi connectivity index (χ1) is 12.2. The Kier molecular flexibility index (Phi) is 6.76. The van der Waals surface area contributed by atoms with Crippen LogP contribution in [0.15, 0.2) is 29.2 Å². The van der Waals surface area contributed by atoms with Crippen LogP contribution < -0.4 is 0 Å². The van der Waals surface area contributed by atoms with E-state index in [9.17, 15) is 16.8 Å². The van der Waals surface area contributed by atoms with E-state index in [2.05, 4.69) is 0 Å². The Morgan fingerprint density at radius 3 is 2.23 bits per heavy atom. The molecule has 10 heteroatoms. The molecule has 8 nitrogen and oxygen atoms in total. The largest absolute Gasteiger partial charge is 0.281 e. The van der Waals surface area contributed by atoms with Crippen molar-refractivity contribution >= 4 is 20.2 Å². The molecule has 0 atom stereocenters. The molecule has 1 heterocycles. The van der Waals surface area contributed by atoms with E-state index in [4.69, 9.17) is 5.26 Å². The lowest BCUT2D eigenvalue weighted by Crippen LogP contribution is -2.53. The average molecular weight is 401 g/mol. The van der Waals surface area contributed by atoms with E-state index >= 15 is 0 Å². The fourth-order valence-corrected chi connectivity index (χ4v) is 5.70. The quantitative estimate of drug-likeness (QED) is 0.675. The third-order valence-corrected chi connectivity index (χ3v) is 8.31. The molecule has 26 heavy (non-hydrogen) atoms. The van der Waals surface area contributed by atoms with E-state index in [1.54, 1.807) is 12.1 Å². The number of unbranched alkanes of at least 4 members (excludes halogenated alkanes) is 1. The molecule has 1 aromatic rings. The lowest BCUT2D eigenvalue weighted by Gasteiger charge is -2.35. The van der Waals surface area contributed by atoms with Crippen LogP contribution in [0.3, 0.4) is 0 Å². The molecule has 0 N–H and O–H groups in total. The number of hydrogen-bond donors (Lipinski definition) is 0. The van der Waals surface area contributed by atoms with Gasteiger partial charge in [-0.1, -0.05) is 25.5 Å². The van der Waals surface area contributed by atoms with Crippen molar-refractivity contribution in [3.63, 3.8) is 0 Å². The highest BCUT2D eigenvalue weighted by Crippen LogP contribution is 2.22. The smallest absolute Gasteiger partial charge is 0.207 e. The van der Waals surface area contributed by atoms with Gasteiger partial charge in [0.2, 0.25) is 10.0 Å². The van der Waals surface area contributed by atoms with Crippen molar-refractivity contribution in [3.8, 4) is 6.07 Å². The number of nitrogens with zero attached hydrogens (tertiary/aromatic N) is 4. The van der Waals surface area contributed by atoms with Crippen LogP contribution in [0.4, 0.5) is 0 Å². The van der Waals surface area contributed by atoms with Crippen molar-refractivity contribution in [2.24, 2.45) is 0 Å². The summed E-state index contributed by atoms with van der Waals surface area (Å²) in [5.74, 6) is 0. The van der Waals surface area contributed by atoms with Crippen LogP contribution in [-0.2, 0) is 20.2 Å². The fourth-order valence-electron chi connectivity index (χ4n) is 2.76. The molecule has 1 saturated heterocycles. The maximum atomic E-state index is 12.8. The number of rotatable bonds is 7. The molecule has 0 saturated carbocycles. The summed E-state index contributed by atoms with van der Waals surface area (Å²) in [6, 6.07) is 7.91. The summed E-state index contributed by atoms with van der Waals surface area (Å²) in [7, 11) is -5.88. The number of hydrogen-bond acceptors (Lipinski definition) is 5. The van der Waals surface area contributed by atoms with Gasteiger partial charge in [-0.05, 0) is 18.6 Å². The zero-order valence-corrected chi connectivity index (χ0v) is 16.6. The molecule has 144 valence electrons. The lowest BCUT2D eigenvalue weighted by atomic mass is 10.2. The van der Waals surface area contributed by atoms with Gasteiger partial charge in [0, 0.05) is 39.8 Å². The van der Waals surface area contributed by atoms with E-state index in [1.807, 2.05) is 13.0 Å². The molecule has 0 spiro atoms. The molecule has 1 fully saturated rings. The highest BCUT2D eigenvalue weighted by Gasteiger charge is 2.35. The van der Waals surface area contributed by atoms with Gasteiger partial charge in [0.15, 0.2) is 0 Å². The fraction of sp³-hybridized carbons (Fsp3) is 0.562. The summed E-state index contributed by atoms with van der Waals surface area (Å²) >= 11 is 0. The van der Waals surface area contributed by atoms with E-state index in [1.165, 1.54) is 32.1 Å². The molecule has 0 bridgehead atoms. The molecule has 1 aliphatic heterocycles. The molecule has 1 aliphatic rings. The van der Waals surface area contributed by atoms with Crippen LogP contribution in [0.1, 0.15) is 25.3 Å². The average Bonchev–Trinajstić information content (AvgIpc) is 2.65. The molecular weight excluding hydrogens is 376 g/mol. The minimum Gasteiger partial charge on any atom is -0.207 e. The summed E-state index contributed by atoms with van der Waals surface area (Å²) in [6.45, 7) is 2.72. The summed E-state index contributed by atoms with van der Waals surface area (Å²) in [4.78, 5) is -0.0427. The van der Waals surface area contributed by atoms with Crippen molar-refractivity contribution in [2.45, 2.75) is 24.7 Å². The Balaban J connectivity index is 2.12. The zero-order chi connectivity index (χ0) is 19.4. The van der Waals surface area contributed by atoms with Gasteiger partial charge < -0.3 is 0 Å². The molecule has 0 unspecified atom stereocenters. The maximum Gasteiger partial charge on any atom is 0.281 e. The minimum atomic E-state index is -3.83. The van der Waals surface area contributed by atoms with Gasteiger partial charge in [-0.15, -0.1) is 0 Å². The first-order valence-electron chi connectivity index (χ1n) is 8.45. The number of benzene rings is 1. The van der Waals surface area contributed by atoms with Gasteiger partial charge in [-0.2, -0.15) is 26.6 Å². The second kappa shape index (κ2) is 8.45. The second-order valence-electron chi connectivity index (χ2n) is 6.09. The van der Waals surface area contributed by atoms with Gasteiger partial charge in [-0.25, -0.2) is 8.42 Å². The van der Waals surface area contributed by atoms with Gasteiger partial charge in [-0.3, -0.25) is 0 Å². The maximum absolute atomic E-state index is 12.8.